The molecule has 0 spiro atoms. The summed E-state index contributed by atoms with van der Waals surface area (Å²) in [6, 6.07) is 11.5. The number of aromatic amines is 1. The van der Waals surface area contributed by atoms with Gasteiger partial charge in [-0.05, 0) is 78.3 Å². The van der Waals surface area contributed by atoms with E-state index in [2.05, 4.69) is 20.5 Å². The molecule has 44 heavy (non-hydrogen) atoms. The smallest absolute Gasteiger partial charge is 0.410 e. The number of amides is 2. The summed E-state index contributed by atoms with van der Waals surface area (Å²) in [6.07, 6.45) is 0.832. The second-order valence-corrected chi connectivity index (χ2v) is 12.4. The van der Waals surface area contributed by atoms with E-state index in [0.29, 0.717) is 48.8 Å². The van der Waals surface area contributed by atoms with Crippen molar-refractivity contribution in [2.24, 2.45) is 0 Å². The highest BCUT2D eigenvalue weighted by Gasteiger charge is 2.26. The van der Waals surface area contributed by atoms with Gasteiger partial charge in [-0.2, -0.15) is 0 Å². The van der Waals surface area contributed by atoms with Crippen molar-refractivity contribution in [2.75, 3.05) is 36.4 Å². The van der Waals surface area contributed by atoms with Crippen LogP contribution >= 0.6 is 0 Å². The number of anilines is 2. The molecule has 2 amide bonds. The predicted molar refractivity (Wildman–Crippen MR) is 174 cm³/mol. The lowest BCUT2D eigenvalue weighted by Crippen LogP contribution is -2.50. The molecule has 0 aliphatic carbocycles. The normalized spacial score (nSPS) is 13.5. The molecule has 0 radical (unpaired) electrons. The molecule has 0 saturated carbocycles. The number of carbonyl (C=O) groups excluding carboxylic acids is 2. The van der Waals surface area contributed by atoms with Crippen molar-refractivity contribution >= 4 is 29.7 Å². The second-order valence-electron chi connectivity index (χ2n) is 12.4. The minimum absolute atomic E-state index is 0.0165. The quantitative estimate of drug-likeness (QED) is 0.270. The van der Waals surface area contributed by atoms with E-state index in [1.165, 1.54) is 0 Å². The number of benzene rings is 1. The summed E-state index contributed by atoms with van der Waals surface area (Å²) < 4.78 is 5.51. The molecular formula is C33H43N7O4. The third-order valence-electron chi connectivity index (χ3n) is 7.25. The molecule has 4 N–H and O–H groups in total. The number of nitrogens with one attached hydrogen (secondary N) is 4. The largest absolute Gasteiger partial charge is 0.444 e. The van der Waals surface area contributed by atoms with E-state index in [-0.39, 0.29) is 29.8 Å². The van der Waals surface area contributed by atoms with E-state index in [1.807, 2.05) is 78.8 Å². The van der Waals surface area contributed by atoms with Crippen LogP contribution in [0.25, 0.3) is 11.3 Å². The fourth-order valence-corrected chi connectivity index (χ4v) is 5.10. The second kappa shape index (κ2) is 13.3. The summed E-state index contributed by atoms with van der Waals surface area (Å²) in [6.45, 7) is 15.7. The first-order valence-electron chi connectivity index (χ1n) is 14.9. The zero-order valence-electron chi connectivity index (χ0n) is 26.6. The maximum atomic E-state index is 13.5. The first-order valence-corrected chi connectivity index (χ1v) is 14.9. The Hall–Kier alpha value is -4.67. The van der Waals surface area contributed by atoms with Gasteiger partial charge in [0.1, 0.15) is 11.4 Å². The van der Waals surface area contributed by atoms with Gasteiger partial charge in [0.15, 0.2) is 0 Å². The predicted octanol–water partition coefficient (Wildman–Crippen LogP) is 4.86. The molecule has 3 heterocycles. The molecule has 0 atom stereocenters. The molecule has 0 unspecified atom stereocenters. The minimum atomic E-state index is -0.528. The van der Waals surface area contributed by atoms with Crippen molar-refractivity contribution in [1.82, 2.24) is 20.2 Å². The van der Waals surface area contributed by atoms with Gasteiger partial charge in [-0.3, -0.25) is 9.59 Å². The number of H-pyrrole nitrogens is 1. The van der Waals surface area contributed by atoms with Crippen LogP contribution in [0.3, 0.4) is 0 Å². The Balaban J connectivity index is 1.56. The number of rotatable bonds is 8. The van der Waals surface area contributed by atoms with Crippen molar-refractivity contribution in [3.8, 4) is 11.3 Å². The van der Waals surface area contributed by atoms with Crippen molar-refractivity contribution in [3.63, 3.8) is 0 Å². The highest BCUT2D eigenvalue weighted by Crippen LogP contribution is 2.28. The molecule has 2 aromatic heterocycles. The molecular weight excluding hydrogens is 558 g/mol. The molecule has 1 aliphatic rings. The van der Waals surface area contributed by atoms with Crippen LogP contribution in [-0.4, -0.2) is 70.9 Å². The average molecular weight is 602 g/mol. The molecule has 1 aromatic carbocycles. The number of ether oxygens (including phenoxy) is 1. The zero-order valence-corrected chi connectivity index (χ0v) is 26.6. The molecule has 3 aromatic rings. The van der Waals surface area contributed by atoms with Gasteiger partial charge in [0.05, 0.1) is 11.3 Å². The Morgan fingerprint density at radius 2 is 1.75 bits per heavy atom. The molecule has 4 rings (SSSR count). The molecule has 0 bridgehead atoms. The van der Waals surface area contributed by atoms with Gasteiger partial charge in [-0.25, -0.2) is 9.78 Å². The Kier molecular flexibility index (Phi) is 9.76. The van der Waals surface area contributed by atoms with Crippen molar-refractivity contribution < 1.29 is 14.3 Å². The van der Waals surface area contributed by atoms with Crippen LogP contribution in [0.5, 0.6) is 0 Å². The lowest BCUT2D eigenvalue weighted by Gasteiger charge is -2.36. The Bertz CT molecular complexity index is 1580. The number of nitrogens with zero attached hydrogens (tertiary/aromatic N) is 3. The number of piperazine rings is 1. The number of aryl methyl sites for hydroxylation is 2. The number of aromatic nitrogens is 2. The number of hydrogen-bond acceptors (Lipinski definition) is 8. The standard InChI is InChI=1S/C33H43N7O4/c1-20(2)36-29-26(18-34)25(30(41)35-19-27-21(3)16-22(4)37-31(27)42)17-28(38-29)23-8-10-24(11-9-23)39-12-14-40(15-13-39)32(43)44-33(5,6)7/h8-11,16-18,20,34H,12-15,19H2,1-7H3,(H,35,41)(H,36,38)(H,37,42). The van der Waals surface area contributed by atoms with E-state index < -0.39 is 11.5 Å². The monoisotopic (exact) mass is 601 g/mol. The molecule has 11 nitrogen and oxygen atoms in total. The first kappa shape index (κ1) is 32.2. The molecule has 1 saturated heterocycles. The summed E-state index contributed by atoms with van der Waals surface area (Å²) in [5.74, 6) is 0.0298. The first-order chi connectivity index (χ1) is 20.8. The van der Waals surface area contributed by atoms with Crippen LogP contribution < -0.4 is 21.1 Å². The van der Waals surface area contributed by atoms with Crippen LogP contribution in [0.15, 0.2) is 41.2 Å². The van der Waals surface area contributed by atoms with Crippen LogP contribution in [0.2, 0.25) is 0 Å². The third kappa shape index (κ3) is 7.83. The van der Waals surface area contributed by atoms with E-state index >= 15 is 0 Å². The average Bonchev–Trinajstić information content (AvgIpc) is 2.95. The Morgan fingerprint density at radius 1 is 1.09 bits per heavy atom. The molecule has 1 fully saturated rings. The fourth-order valence-electron chi connectivity index (χ4n) is 5.10. The van der Waals surface area contributed by atoms with Crippen molar-refractivity contribution in [2.45, 2.75) is 66.7 Å². The fraction of sp³-hybridized carbons (Fsp3) is 0.424. The molecule has 11 heteroatoms. The maximum absolute atomic E-state index is 13.5. The summed E-state index contributed by atoms with van der Waals surface area (Å²) in [7, 11) is 0. The summed E-state index contributed by atoms with van der Waals surface area (Å²) in [4.78, 5) is 50.0. The lowest BCUT2D eigenvalue weighted by molar-refractivity contribution is 0.0240. The van der Waals surface area contributed by atoms with E-state index in [9.17, 15) is 14.4 Å². The van der Waals surface area contributed by atoms with Crippen molar-refractivity contribution in [1.29, 1.82) is 5.41 Å². The SMILES string of the molecule is Cc1cc(C)c(CNC(=O)c2cc(-c3ccc(N4CCN(C(=O)OC(C)(C)C)CC4)cc3)nc(NC(C)C)c2C=N)c(=O)[nH]1. The topological polar surface area (TPSA) is 144 Å². The molecule has 1 aliphatic heterocycles. The summed E-state index contributed by atoms with van der Waals surface area (Å²) >= 11 is 0. The number of hydrogen-bond donors (Lipinski definition) is 4. The van der Waals surface area contributed by atoms with Crippen LogP contribution in [0.1, 0.15) is 67.4 Å². The van der Waals surface area contributed by atoms with Gasteiger partial charge in [-0.15, -0.1) is 0 Å². The van der Waals surface area contributed by atoms with Gasteiger partial charge in [0.25, 0.3) is 11.5 Å². The van der Waals surface area contributed by atoms with Crippen LogP contribution in [0, 0.1) is 19.3 Å². The van der Waals surface area contributed by atoms with Crippen molar-refractivity contribution in [3.05, 3.63) is 74.7 Å². The Morgan fingerprint density at radius 3 is 2.32 bits per heavy atom. The van der Waals surface area contributed by atoms with Gasteiger partial charge in [0, 0.05) is 73.1 Å². The Labute approximate surface area is 258 Å². The minimum Gasteiger partial charge on any atom is -0.444 e. The third-order valence-corrected chi connectivity index (χ3v) is 7.25. The summed E-state index contributed by atoms with van der Waals surface area (Å²) in [5, 5.41) is 14.2. The van der Waals surface area contributed by atoms with Gasteiger partial charge < -0.3 is 35.6 Å². The van der Waals surface area contributed by atoms with Gasteiger partial charge in [-0.1, -0.05) is 12.1 Å². The van der Waals surface area contributed by atoms with E-state index in [4.69, 9.17) is 15.1 Å². The zero-order chi connectivity index (χ0) is 32.2. The maximum Gasteiger partial charge on any atom is 0.410 e. The summed E-state index contributed by atoms with van der Waals surface area (Å²) in [5.41, 5.74) is 4.33. The number of pyridine rings is 2. The van der Waals surface area contributed by atoms with Gasteiger partial charge >= 0.3 is 6.09 Å². The highest BCUT2D eigenvalue weighted by atomic mass is 16.6. The lowest BCUT2D eigenvalue weighted by atomic mass is 10.0. The van der Waals surface area contributed by atoms with Crippen LogP contribution in [-0.2, 0) is 11.3 Å². The molecule has 234 valence electrons. The highest BCUT2D eigenvalue weighted by molar-refractivity contribution is 6.05. The van der Waals surface area contributed by atoms with E-state index in [1.54, 1.807) is 11.0 Å². The number of carbonyl (C=O) groups is 2. The van der Waals surface area contributed by atoms with Crippen LogP contribution in [0.4, 0.5) is 16.3 Å². The van der Waals surface area contributed by atoms with Gasteiger partial charge in [0.2, 0.25) is 0 Å². The van der Waals surface area contributed by atoms with E-state index in [0.717, 1.165) is 28.7 Å².